The predicted molar refractivity (Wildman–Crippen MR) is 133 cm³/mol. The second-order valence-electron chi connectivity index (χ2n) is 10.8. The van der Waals surface area contributed by atoms with Crippen molar-refractivity contribution in [3.05, 3.63) is 11.6 Å². The number of rotatable bonds is 17. The van der Waals surface area contributed by atoms with Gasteiger partial charge in [0.25, 0.3) is 0 Å². The van der Waals surface area contributed by atoms with Gasteiger partial charge in [-0.15, -0.1) is 0 Å². The third-order valence-electron chi connectivity index (χ3n) is 6.88. The molecule has 1 aliphatic rings. The molecule has 0 saturated carbocycles. The minimum Gasteiger partial charge on any atom is -0.394 e. The number of ether oxygens (including phenoxy) is 2. The summed E-state index contributed by atoms with van der Waals surface area (Å²) < 4.78 is 10.9. The van der Waals surface area contributed by atoms with E-state index in [1.54, 1.807) is 0 Å². The minimum absolute atomic E-state index is 0.339. The van der Waals surface area contributed by atoms with E-state index in [4.69, 9.17) is 9.47 Å². The first kappa shape index (κ1) is 30.5. The Morgan fingerprint density at radius 1 is 0.848 bits per heavy atom. The molecule has 3 unspecified atom stereocenters. The highest BCUT2D eigenvalue weighted by molar-refractivity contribution is 4.97. The van der Waals surface area contributed by atoms with Crippen LogP contribution in [0.2, 0.25) is 0 Å². The van der Waals surface area contributed by atoms with Gasteiger partial charge in [0.05, 0.1) is 13.2 Å². The van der Waals surface area contributed by atoms with Crippen LogP contribution in [0.5, 0.6) is 0 Å². The minimum atomic E-state index is -1.40. The molecule has 1 aliphatic heterocycles. The van der Waals surface area contributed by atoms with Crippen LogP contribution in [0.4, 0.5) is 0 Å². The third kappa shape index (κ3) is 12.7. The first-order valence-electron chi connectivity index (χ1n) is 13.2. The highest BCUT2D eigenvalue weighted by Crippen LogP contribution is 2.23. The molecule has 0 spiro atoms. The number of hydrogen-bond donors (Lipinski definition) is 4. The van der Waals surface area contributed by atoms with Gasteiger partial charge in [-0.25, -0.2) is 0 Å². The Bertz CT molecular complexity index is 521. The molecule has 0 aromatic carbocycles. The molecule has 1 heterocycles. The molecule has 1 fully saturated rings. The topological polar surface area (TPSA) is 99.4 Å². The molecule has 0 aliphatic carbocycles. The van der Waals surface area contributed by atoms with Crippen LogP contribution in [0.25, 0.3) is 0 Å². The van der Waals surface area contributed by atoms with Gasteiger partial charge in [0.2, 0.25) is 0 Å². The van der Waals surface area contributed by atoms with E-state index in [0.29, 0.717) is 13.0 Å². The molecule has 6 heteroatoms. The van der Waals surface area contributed by atoms with Crippen LogP contribution in [0, 0.1) is 17.8 Å². The normalized spacial score (nSPS) is 28.3. The molecule has 7 atom stereocenters. The van der Waals surface area contributed by atoms with Crippen molar-refractivity contribution in [3.8, 4) is 0 Å². The van der Waals surface area contributed by atoms with Crippen molar-refractivity contribution in [2.75, 3.05) is 13.2 Å². The van der Waals surface area contributed by atoms with E-state index >= 15 is 0 Å². The fourth-order valence-electron chi connectivity index (χ4n) is 4.50. The van der Waals surface area contributed by atoms with Crippen LogP contribution >= 0.6 is 0 Å². The summed E-state index contributed by atoms with van der Waals surface area (Å²) in [6.45, 7) is 11.4. The van der Waals surface area contributed by atoms with E-state index in [2.05, 4.69) is 40.7 Å². The second-order valence-corrected chi connectivity index (χ2v) is 10.8. The van der Waals surface area contributed by atoms with Gasteiger partial charge in [0.1, 0.15) is 24.4 Å². The highest BCUT2D eigenvalue weighted by Gasteiger charge is 2.43. The van der Waals surface area contributed by atoms with Gasteiger partial charge in [-0.05, 0) is 43.9 Å². The molecule has 6 nitrogen and oxygen atoms in total. The zero-order valence-electron chi connectivity index (χ0n) is 21.8. The maximum absolute atomic E-state index is 9.99. The summed E-state index contributed by atoms with van der Waals surface area (Å²) in [4.78, 5) is 0. The van der Waals surface area contributed by atoms with Crippen LogP contribution in [0.3, 0.4) is 0 Å². The van der Waals surface area contributed by atoms with Crippen molar-refractivity contribution in [1.82, 2.24) is 0 Å². The second kappa shape index (κ2) is 17.0. The van der Waals surface area contributed by atoms with Gasteiger partial charge in [0, 0.05) is 0 Å². The van der Waals surface area contributed by atoms with Gasteiger partial charge in [-0.2, -0.15) is 0 Å². The van der Waals surface area contributed by atoms with E-state index in [1.165, 1.54) is 56.9 Å². The van der Waals surface area contributed by atoms with Crippen molar-refractivity contribution in [2.45, 2.75) is 130 Å². The lowest BCUT2D eigenvalue weighted by Gasteiger charge is -2.39. The largest absolute Gasteiger partial charge is 0.394 e. The van der Waals surface area contributed by atoms with E-state index in [9.17, 15) is 20.4 Å². The summed E-state index contributed by atoms with van der Waals surface area (Å²) in [5.41, 5.74) is 1.33. The van der Waals surface area contributed by atoms with Crippen molar-refractivity contribution in [3.63, 3.8) is 0 Å². The first-order chi connectivity index (χ1) is 15.6. The molecule has 0 aromatic heterocycles. The zero-order valence-corrected chi connectivity index (χ0v) is 21.8. The summed E-state index contributed by atoms with van der Waals surface area (Å²) in [6.07, 6.45) is 8.42. The van der Waals surface area contributed by atoms with E-state index in [0.717, 1.165) is 24.2 Å². The quantitative estimate of drug-likeness (QED) is 0.183. The van der Waals surface area contributed by atoms with Gasteiger partial charge in [0.15, 0.2) is 6.29 Å². The van der Waals surface area contributed by atoms with Gasteiger partial charge < -0.3 is 29.9 Å². The van der Waals surface area contributed by atoms with E-state index in [-0.39, 0.29) is 0 Å². The third-order valence-corrected chi connectivity index (χ3v) is 6.88. The number of aliphatic hydroxyl groups excluding tert-OH is 4. The lowest BCUT2D eigenvalue weighted by molar-refractivity contribution is -0.300. The van der Waals surface area contributed by atoms with Crippen molar-refractivity contribution in [1.29, 1.82) is 0 Å². The van der Waals surface area contributed by atoms with Crippen LogP contribution in [-0.4, -0.2) is 64.3 Å². The summed E-state index contributed by atoms with van der Waals surface area (Å²) in [5, 5.41) is 38.8. The molecule has 0 amide bonds. The average Bonchev–Trinajstić information content (AvgIpc) is 2.76. The summed E-state index contributed by atoms with van der Waals surface area (Å²) in [6, 6.07) is 0. The average molecular weight is 473 g/mol. The van der Waals surface area contributed by atoms with Crippen molar-refractivity contribution >= 4 is 0 Å². The number of hydrogen-bond acceptors (Lipinski definition) is 6. The lowest BCUT2D eigenvalue weighted by Crippen LogP contribution is -2.59. The van der Waals surface area contributed by atoms with Gasteiger partial charge >= 0.3 is 0 Å². The van der Waals surface area contributed by atoms with Gasteiger partial charge in [-0.3, -0.25) is 0 Å². The van der Waals surface area contributed by atoms with Crippen molar-refractivity contribution in [2.24, 2.45) is 17.8 Å². The maximum Gasteiger partial charge on any atom is 0.186 e. The Kier molecular flexibility index (Phi) is 15.7. The number of allylic oxidation sites excluding steroid dienone is 1. The predicted octanol–water partition coefficient (Wildman–Crippen LogP) is 4.58. The summed E-state index contributed by atoms with van der Waals surface area (Å²) >= 11 is 0. The molecular weight excluding hydrogens is 420 g/mol. The number of aliphatic hydroxyl groups is 4. The Morgan fingerprint density at radius 2 is 1.42 bits per heavy atom. The molecule has 196 valence electrons. The lowest BCUT2D eigenvalue weighted by atomic mass is 9.91. The molecule has 33 heavy (non-hydrogen) atoms. The van der Waals surface area contributed by atoms with Gasteiger partial charge in [-0.1, -0.05) is 84.3 Å². The maximum atomic E-state index is 9.99. The fraction of sp³-hybridized carbons (Fsp3) is 0.926. The van der Waals surface area contributed by atoms with Crippen LogP contribution in [0.15, 0.2) is 11.6 Å². The smallest absolute Gasteiger partial charge is 0.186 e. The monoisotopic (exact) mass is 472 g/mol. The molecule has 4 N–H and O–H groups in total. The van der Waals surface area contributed by atoms with Crippen LogP contribution < -0.4 is 0 Å². The molecule has 0 radical (unpaired) electrons. The molecule has 1 saturated heterocycles. The molecular formula is C27H52O6. The Hall–Kier alpha value is -0.500. The summed E-state index contributed by atoms with van der Waals surface area (Å²) in [7, 11) is 0. The van der Waals surface area contributed by atoms with E-state index in [1.807, 2.05) is 0 Å². The molecule has 0 aromatic rings. The first-order valence-corrected chi connectivity index (χ1v) is 13.2. The van der Waals surface area contributed by atoms with E-state index < -0.39 is 37.3 Å². The Labute approximate surface area is 202 Å². The Morgan fingerprint density at radius 3 is 2.00 bits per heavy atom. The molecule has 0 bridgehead atoms. The summed E-state index contributed by atoms with van der Waals surface area (Å²) in [5.74, 6) is 2.45. The molecule has 1 rings (SSSR count). The zero-order chi connectivity index (χ0) is 24.8. The highest BCUT2D eigenvalue weighted by atomic mass is 16.7. The van der Waals surface area contributed by atoms with Crippen molar-refractivity contribution < 1.29 is 29.9 Å². The fourth-order valence-corrected chi connectivity index (χ4v) is 4.50. The van der Waals surface area contributed by atoms with Crippen LogP contribution in [-0.2, 0) is 9.47 Å². The Balaban J connectivity index is 2.13. The van der Waals surface area contributed by atoms with Crippen LogP contribution in [0.1, 0.15) is 98.8 Å². The SMILES string of the molecule is CC(=CCCOC1O[C@H](CO)[C@H](O)[C@H](O)[C@H]1O)CCCC(C)CCCC(C)CCCC(C)C. The standard InChI is InChI=1S/C27H52O6/c1-19(2)10-6-11-20(3)12-7-13-21(4)14-8-15-22(5)16-9-17-32-27-26(31)25(30)24(29)23(18-28)33-27/h16,19-21,23-31H,6-15,17-18H2,1-5H3/t20?,21?,23-,24+,25+,26-,27?/m1/s1.